The zero-order valence-corrected chi connectivity index (χ0v) is 14.4. The van der Waals surface area contributed by atoms with Crippen LogP contribution in [0, 0.1) is 6.92 Å². The summed E-state index contributed by atoms with van der Waals surface area (Å²) in [5.41, 5.74) is 6.56. The Labute approximate surface area is 142 Å². The average molecular weight is 330 g/mol. The van der Waals surface area contributed by atoms with Gasteiger partial charge in [-0.05, 0) is 26.2 Å². The molecule has 2 aromatic heterocycles. The van der Waals surface area contributed by atoms with Gasteiger partial charge in [0, 0.05) is 37.3 Å². The number of aryl methyl sites for hydroxylation is 2. The minimum atomic E-state index is 0.295. The van der Waals surface area contributed by atoms with Crippen molar-refractivity contribution in [1.82, 2.24) is 30.5 Å². The monoisotopic (exact) mass is 330 g/mol. The number of hydrogen-bond acceptors (Lipinski definition) is 7. The van der Waals surface area contributed by atoms with E-state index in [1.807, 2.05) is 6.92 Å². The van der Waals surface area contributed by atoms with E-state index in [2.05, 4.69) is 43.4 Å². The van der Waals surface area contributed by atoms with E-state index in [4.69, 9.17) is 10.7 Å². The fourth-order valence-corrected chi connectivity index (χ4v) is 3.05. The number of nitrogen functional groups attached to an aromatic ring is 1. The molecule has 0 amide bonds. The number of anilines is 2. The molecule has 1 fully saturated rings. The molecule has 3 rings (SSSR count). The Hall–Kier alpha value is -2.22. The molecule has 1 aliphatic heterocycles. The van der Waals surface area contributed by atoms with Gasteiger partial charge in [-0.3, -0.25) is 5.10 Å². The van der Waals surface area contributed by atoms with Crippen molar-refractivity contribution in [2.45, 2.75) is 52.1 Å². The quantitative estimate of drug-likeness (QED) is 0.730. The SMILES string of the molecule is CCCc1nc(C)cc(N2CCC(NCc3nc(N)n[nH]3)CC2)n1. The van der Waals surface area contributed by atoms with Crippen LogP contribution in [0.3, 0.4) is 0 Å². The van der Waals surface area contributed by atoms with Crippen molar-refractivity contribution in [2.24, 2.45) is 0 Å². The molecular formula is C16H26N8. The summed E-state index contributed by atoms with van der Waals surface area (Å²) in [5, 5.41) is 10.2. The third-order valence-electron chi connectivity index (χ3n) is 4.29. The molecule has 3 heterocycles. The van der Waals surface area contributed by atoms with E-state index in [-0.39, 0.29) is 0 Å². The summed E-state index contributed by atoms with van der Waals surface area (Å²) < 4.78 is 0. The number of rotatable bonds is 6. The minimum Gasteiger partial charge on any atom is -0.367 e. The first kappa shape index (κ1) is 16.6. The normalized spacial score (nSPS) is 15.8. The van der Waals surface area contributed by atoms with Crippen LogP contribution in [0.2, 0.25) is 0 Å². The van der Waals surface area contributed by atoms with Gasteiger partial charge in [-0.25, -0.2) is 9.97 Å². The molecule has 2 aromatic rings. The van der Waals surface area contributed by atoms with Crippen LogP contribution in [0.25, 0.3) is 0 Å². The van der Waals surface area contributed by atoms with Crippen molar-refractivity contribution in [3.63, 3.8) is 0 Å². The Morgan fingerprint density at radius 2 is 2.08 bits per heavy atom. The highest BCUT2D eigenvalue weighted by atomic mass is 15.3. The van der Waals surface area contributed by atoms with Crippen LogP contribution in [-0.2, 0) is 13.0 Å². The van der Waals surface area contributed by atoms with Crippen molar-refractivity contribution >= 4 is 11.8 Å². The molecule has 8 heteroatoms. The number of aromatic amines is 1. The van der Waals surface area contributed by atoms with Gasteiger partial charge in [-0.15, -0.1) is 5.10 Å². The number of H-pyrrole nitrogens is 1. The van der Waals surface area contributed by atoms with E-state index < -0.39 is 0 Å². The van der Waals surface area contributed by atoms with Crippen LogP contribution in [0.5, 0.6) is 0 Å². The third kappa shape index (κ3) is 4.19. The van der Waals surface area contributed by atoms with Crippen LogP contribution < -0.4 is 16.0 Å². The van der Waals surface area contributed by atoms with Gasteiger partial charge in [0.25, 0.3) is 0 Å². The van der Waals surface area contributed by atoms with Gasteiger partial charge >= 0.3 is 0 Å². The average Bonchev–Trinajstić information content (AvgIpc) is 2.99. The topological polar surface area (TPSA) is 109 Å². The van der Waals surface area contributed by atoms with Gasteiger partial charge in [0.1, 0.15) is 17.5 Å². The van der Waals surface area contributed by atoms with Crippen molar-refractivity contribution in [1.29, 1.82) is 0 Å². The van der Waals surface area contributed by atoms with Crippen LogP contribution in [0.15, 0.2) is 6.07 Å². The van der Waals surface area contributed by atoms with Gasteiger partial charge in [0.05, 0.1) is 6.54 Å². The first-order valence-electron chi connectivity index (χ1n) is 8.63. The summed E-state index contributed by atoms with van der Waals surface area (Å²) in [5.74, 6) is 3.09. The second-order valence-electron chi connectivity index (χ2n) is 6.32. The molecule has 1 saturated heterocycles. The van der Waals surface area contributed by atoms with E-state index in [1.165, 1.54) is 0 Å². The first-order chi connectivity index (χ1) is 11.6. The summed E-state index contributed by atoms with van der Waals surface area (Å²) in [7, 11) is 0. The van der Waals surface area contributed by atoms with Gasteiger partial charge in [-0.2, -0.15) is 4.98 Å². The second kappa shape index (κ2) is 7.57. The lowest BCUT2D eigenvalue weighted by atomic mass is 10.0. The maximum Gasteiger partial charge on any atom is 0.239 e. The molecular weight excluding hydrogens is 304 g/mol. The summed E-state index contributed by atoms with van der Waals surface area (Å²) in [6.07, 6.45) is 4.17. The number of piperidine rings is 1. The van der Waals surface area contributed by atoms with E-state index >= 15 is 0 Å². The van der Waals surface area contributed by atoms with Crippen LogP contribution in [-0.4, -0.2) is 44.3 Å². The lowest BCUT2D eigenvalue weighted by Gasteiger charge is -2.33. The van der Waals surface area contributed by atoms with Gasteiger partial charge in [0.2, 0.25) is 5.95 Å². The predicted molar refractivity (Wildman–Crippen MR) is 93.6 cm³/mol. The highest BCUT2D eigenvalue weighted by Gasteiger charge is 2.20. The fourth-order valence-electron chi connectivity index (χ4n) is 3.05. The minimum absolute atomic E-state index is 0.295. The predicted octanol–water partition coefficient (Wildman–Crippen LogP) is 1.20. The van der Waals surface area contributed by atoms with Crippen LogP contribution in [0.1, 0.15) is 43.5 Å². The zero-order valence-electron chi connectivity index (χ0n) is 14.4. The summed E-state index contributed by atoms with van der Waals surface area (Å²) >= 11 is 0. The summed E-state index contributed by atoms with van der Waals surface area (Å²) in [6, 6.07) is 2.56. The van der Waals surface area contributed by atoms with Crippen molar-refractivity contribution in [3.05, 3.63) is 23.4 Å². The van der Waals surface area contributed by atoms with Crippen LogP contribution in [0.4, 0.5) is 11.8 Å². The second-order valence-corrected chi connectivity index (χ2v) is 6.32. The van der Waals surface area contributed by atoms with E-state index in [0.29, 0.717) is 18.5 Å². The number of hydrogen-bond donors (Lipinski definition) is 3. The Morgan fingerprint density at radius 1 is 1.29 bits per heavy atom. The lowest BCUT2D eigenvalue weighted by molar-refractivity contribution is 0.408. The molecule has 0 aromatic carbocycles. The number of nitrogens with zero attached hydrogens (tertiary/aromatic N) is 5. The molecule has 1 aliphatic rings. The highest BCUT2D eigenvalue weighted by molar-refractivity contribution is 5.40. The number of nitrogens with two attached hydrogens (primary N) is 1. The molecule has 4 N–H and O–H groups in total. The Kier molecular flexibility index (Phi) is 5.24. The Bertz CT molecular complexity index is 660. The summed E-state index contributed by atoms with van der Waals surface area (Å²) in [4.78, 5) is 15.7. The van der Waals surface area contributed by atoms with Crippen molar-refractivity contribution in [2.75, 3.05) is 23.7 Å². The molecule has 8 nitrogen and oxygen atoms in total. The van der Waals surface area contributed by atoms with Crippen molar-refractivity contribution in [3.8, 4) is 0 Å². The standard InChI is InChI=1S/C16H26N8/c1-3-4-13-19-11(2)9-15(20-13)24-7-5-12(6-8-24)18-10-14-21-16(17)23-22-14/h9,12,18H,3-8,10H2,1-2H3,(H3,17,21,22,23). The first-order valence-corrected chi connectivity index (χ1v) is 8.63. The molecule has 24 heavy (non-hydrogen) atoms. The molecule has 0 unspecified atom stereocenters. The number of aromatic nitrogens is 5. The van der Waals surface area contributed by atoms with Gasteiger partial charge < -0.3 is 16.0 Å². The van der Waals surface area contributed by atoms with Gasteiger partial charge in [-0.1, -0.05) is 6.92 Å². The third-order valence-corrected chi connectivity index (χ3v) is 4.29. The van der Waals surface area contributed by atoms with E-state index in [9.17, 15) is 0 Å². The van der Waals surface area contributed by atoms with E-state index in [1.54, 1.807) is 0 Å². The Balaban J connectivity index is 1.53. The van der Waals surface area contributed by atoms with Crippen molar-refractivity contribution < 1.29 is 0 Å². The maximum atomic E-state index is 5.52. The fraction of sp³-hybridized carbons (Fsp3) is 0.625. The van der Waals surface area contributed by atoms with Crippen LogP contribution >= 0.6 is 0 Å². The smallest absolute Gasteiger partial charge is 0.239 e. The largest absolute Gasteiger partial charge is 0.367 e. The number of nitrogens with one attached hydrogen (secondary N) is 2. The molecule has 0 saturated carbocycles. The Morgan fingerprint density at radius 3 is 2.75 bits per heavy atom. The highest BCUT2D eigenvalue weighted by Crippen LogP contribution is 2.19. The molecule has 0 atom stereocenters. The summed E-state index contributed by atoms with van der Waals surface area (Å²) in [6.45, 7) is 6.87. The molecule has 0 radical (unpaired) electrons. The van der Waals surface area contributed by atoms with Gasteiger partial charge in [0.15, 0.2) is 0 Å². The molecule has 0 spiro atoms. The molecule has 130 valence electrons. The lowest BCUT2D eigenvalue weighted by Crippen LogP contribution is -2.42. The zero-order chi connectivity index (χ0) is 16.9. The molecule has 0 aliphatic carbocycles. The molecule has 0 bridgehead atoms. The maximum absolute atomic E-state index is 5.52. The van der Waals surface area contributed by atoms with E-state index in [0.717, 1.165) is 61.9 Å².